The normalized spacial score (nSPS) is 7.91. The molecule has 0 aliphatic rings. The van der Waals surface area contributed by atoms with Gasteiger partial charge in [-0.2, -0.15) is 105 Å². The molecule has 2 aromatic rings. The van der Waals surface area contributed by atoms with E-state index >= 15 is 0 Å². The Morgan fingerprint density at radius 3 is 1.43 bits per heavy atom. The Kier molecular flexibility index (Phi) is 32.5. The fourth-order valence-corrected chi connectivity index (χ4v) is 1.84. The minimum atomic E-state index is 0. The van der Waals surface area contributed by atoms with Crippen LogP contribution in [-0.2, 0) is 99.3 Å². The van der Waals surface area contributed by atoms with Crippen LogP contribution < -0.4 is 0 Å². The van der Waals surface area contributed by atoms with Crippen LogP contribution in [-0.4, -0.2) is 0 Å². The van der Waals surface area contributed by atoms with Crippen molar-refractivity contribution in [2.45, 2.75) is 33.6 Å². The molecule has 0 spiro atoms. The van der Waals surface area contributed by atoms with Gasteiger partial charge in [0.2, 0.25) is 0 Å². The van der Waals surface area contributed by atoms with Crippen LogP contribution in [0.4, 0.5) is 0 Å². The van der Waals surface area contributed by atoms with Crippen LogP contribution in [0.2, 0.25) is 0 Å². The van der Waals surface area contributed by atoms with Gasteiger partial charge in [-0.1, -0.05) is 0 Å². The molecule has 2 rings (SSSR count). The average molecular weight is 627 g/mol. The Balaban J connectivity index is -0.000000240. The van der Waals surface area contributed by atoms with Gasteiger partial charge in [0.15, 0.2) is 0 Å². The smallest absolute Gasteiger partial charge is 0 e. The molecule has 0 amide bonds. The van der Waals surface area contributed by atoms with Crippen LogP contribution >= 0.6 is 0 Å². The molecule has 0 heterocycles. The van der Waals surface area contributed by atoms with Crippen molar-refractivity contribution in [3.63, 3.8) is 0 Å². The summed E-state index contributed by atoms with van der Waals surface area (Å²) in [6, 6.07) is 22.6. The second kappa shape index (κ2) is 23.3. The summed E-state index contributed by atoms with van der Waals surface area (Å²) in [6.45, 7) is 12.2. The summed E-state index contributed by atoms with van der Waals surface area (Å²) in [5, 5.41) is 0. The van der Waals surface area contributed by atoms with Gasteiger partial charge in [0.1, 0.15) is 0 Å². The quantitative estimate of drug-likeness (QED) is 0.402. The van der Waals surface area contributed by atoms with E-state index in [9.17, 15) is 0 Å². The van der Waals surface area contributed by atoms with Gasteiger partial charge in [-0.25, -0.2) is 0 Å². The molecule has 2 radical (unpaired) electrons. The van der Waals surface area contributed by atoms with E-state index in [0.29, 0.717) is 0 Å². The van der Waals surface area contributed by atoms with Crippen LogP contribution in [0, 0.1) is 31.9 Å². The van der Waals surface area contributed by atoms with Crippen LogP contribution in [0.1, 0.15) is 31.9 Å². The summed E-state index contributed by atoms with van der Waals surface area (Å²) in [4.78, 5) is 0. The van der Waals surface area contributed by atoms with Crippen LogP contribution in [0.5, 0.6) is 0 Å². The van der Waals surface area contributed by atoms with Crippen molar-refractivity contribution >= 4 is 0 Å². The van der Waals surface area contributed by atoms with Crippen LogP contribution in [0.15, 0.2) is 48.5 Å². The second-order valence-corrected chi connectivity index (χ2v) is 4.13. The van der Waals surface area contributed by atoms with E-state index in [0.717, 1.165) is 12.8 Å². The zero-order valence-electron chi connectivity index (χ0n) is 14.5. The van der Waals surface area contributed by atoms with Gasteiger partial charge < -0.3 is 19.8 Å². The summed E-state index contributed by atoms with van der Waals surface area (Å²) in [6.07, 6.45) is 2.07. The van der Waals surface area contributed by atoms with Crippen molar-refractivity contribution in [1.82, 2.24) is 0 Å². The third kappa shape index (κ3) is 16.5. The monoisotopic (exact) mass is 627 g/mol. The van der Waals surface area contributed by atoms with E-state index < -0.39 is 0 Å². The van der Waals surface area contributed by atoms with E-state index in [1.807, 2.05) is 24.3 Å². The fourth-order valence-electron chi connectivity index (χ4n) is 1.84. The Morgan fingerprint density at radius 1 is 0.826 bits per heavy atom. The van der Waals surface area contributed by atoms with Crippen molar-refractivity contribution in [1.29, 1.82) is 0 Å². The standard InChI is InChI=1S/C16H15.2C2H5.W.2Y/c1-14(12-15-8-4-2-5-9-15)13-16-10-6-3-7-11-16;2*1-2;;;/h2-4,6,8-11H,12-13H2,1H3;2*1H2,2H3;;;/q-3;2*-1;;;. The summed E-state index contributed by atoms with van der Waals surface area (Å²) in [5.41, 5.74) is 2.67. The minimum absolute atomic E-state index is 0. The summed E-state index contributed by atoms with van der Waals surface area (Å²) in [5.74, 6) is 1.47. The maximum Gasteiger partial charge on any atom is 0 e. The Labute approximate surface area is 209 Å². The molecule has 0 saturated carbocycles. The molecule has 3 heteroatoms. The molecule has 0 unspecified atom stereocenters. The van der Waals surface area contributed by atoms with Crippen molar-refractivity contribution in [3.8, 4) is 0 Å². The maximum absolute atomic E-state index is 3.25. The molecule has 122 valence electrons. The van der Waals surface area contributed by atoms with Gasteiger partial charge >= 0.3 is 0 Å². The molecule has 2 aromatic carbocycles. The Hall–Kier alpha value is 1.34. The molecule has 0 saturated heterocycles. The van der Waals surface area contributed by atoms with Gasteiger partial charge in [0, 0.05) is 86.5 Å². The van der Waals surface area contributed by atoms with E-state index in [1.54, 1.807) is 13.8 Å². The van der Waals surface area contributed by atoms with E-state index in [2.05, 4.69) is 57.2 Å². The number of hydrogen-bond donors (Lipinski definition) is 0. The summed E-state index contributed by atoms with van der Waals surface area (Å²) < 4.78 is 0. The van der Waals surface area contributed by atoms with Crippen molar-refractivity contribution in [3.05, 3.63) is 91.6 Å². The second-order valence-electron chi connectivity index (χ2n) is 4.13. The van der Waals surface area contributed by atoms with Gasteiger partial charge in [-0.05, 0) is 0 Å². The topological polar surface area (TPSA) is 0 Å². The van der Waals surface area contributed by atoms with E-state index in [4.69, 9.17) is 0 Å². The van der Waals surface area contributed by atoms with Crippen molar-refractivity contribution in [2.24, 2.45) is 0 Å². The van der Waals surface area contributed by atoms with Crippen molar-refractivity contribution in [2.75, 3.05) is 0 Å². The molecule has 0 bridgehead atoms. The molecule has 0 fully saturated rings. The molecule has 0 atom stereocenters. The van der Waals surface area contributed by atoms with Gasteiger partial charge in [0.25, 0.3) is 0 Å². The molecule has 0 aromatic heterocycles. The first-order chi connectivity index (χ1) is 9.84. The maximum atomic E-state index is 3.25. The molecular formula is C20H25WY2-5. The Bertz CT molecular complexity index is 377. The largest absolute Gasteiger partial charge is 0.346 e. The first-order valence-corrected chi connectivity index (χ1v) is 6.97. The number of rotatable bonds is 4. The zero-order valence-corrected chi connectivity index (χ0v) is 23.1. The molecule has 23 heavy (non-hydrogen) atoms. The predicted octanol–water partition coefficient (Wildman–Crippen LogP) is 5.34. The third-order valence-corrected chi connectivity index (χ3v) is 2.55. The number of hydrogen-bond acceptors (Lipinski definition) is 0. The Morgan fingerprint density at radius 2 is 1.17 bits per heavy atom. The molecule has 0 aliphatic carbocycles. The zero-order chi connectivity index (χ0) is 15.2. The first-order valence-electron chi connectivity index (χ1n) is 6.97. The van der Waals surface area contributed by atoms with Gasteiger partial charge in [0.05, 0.1) is 0 Å². The summed E-state index contributed by atoms with van der Waals surface area (Å²) in [7, 11) is 0. The predicted molar refractivity (Wildman–Crippen MR) is 88.9 cm³/mol. The SMILES string of the molecule is C[C-](Cc1c[c-]ccc1)Cc1c[c-]ccc1.[CH2-]C.[CH2-]C.[W].[Y].[Y]. The van der Waals surface area contributed by atoms with Gasteiger partial charge in [-0.3, -0.25) is 0 Å². The molecule has 0 nitrogen and oxygen atoms in total. The average Bonchev–Trinajstić information content (AvgIpc) is 2.53. The van der Waals surface area contributed by atoms with Gasteiger partial charge in [-0.15, -0.1) is 0 Å². The van der Waals surface area contributed by atoms with Crippen molar-refractivity contribution < 1.29 is 86.5 Å². The third-order valence-electron chi connectivity index (χ3n) is 2.55. The fraction of sp³-hybridized carbons (Fsp3) is 0.250. The number of benzene rings is 2. The molecule has 0 N–H and O–H groups in total. The first kappa shape index (κ1) is 32.0. The van der Waals surface area contributed by atoms with Crippen LogP contribution in [0.25, 0.3) is 0 Å². The van der Waals surface area contributed by atoms with Crippen LogP contribution in [0.3, 0.4) is 0 Å². The molecular weight excluding hydrogens is 602 g/mol. The summed E-state index contributed by atoms with van der Waals surface area (Å²) >= 11 is 0. The van der Waals surface area contributed by atoms with E-state index in [1.165, 1.54) is 17.0 Å². The minimum Gasteiger partial charge on any atom is -0.346 e. The van der Waals surface area contributed by atoms with E-state index in [-0.39, 0.29) is 86.5 Å². The molecule has 0 aliphatic heterocycles.